The van der Waals surface area contributed by atoms with Gasteiger partial charge in [0.05, 0.1) is 16.9 Å². The molecule has 0 saturated carbocycles. The van der Waals surface area contributed by atoms with E-state index in [-0.39, 0.29) is 24.3 Å². The van der Waals surface area contributed by atoms with E-state index in [4.69, 9.17) is 5.11 Å². The molecule has 0 radical (unpaired) electrons. The van der Waals surface area contributed by atoms with Gasteiger partial charge in [-0.1, -0.05) is 12.1 Å². The lowest BCUT2D eigenvalue weighted by molar-refractivity contribution is -0.144. The van der Waals surface area contributed by atoms with Gasteiger partial charge in [-0.05, 0) is 30.5 Å². The standard InChI is InChI=1S/C14H17NO6S/c1-22(20,21)11-4-2-9(3-5-11)12-8-10(13(16)17)6-7-15(12)14(18)19/h2-5,10,12H,6-8H2,1H3,(H,16,17)(H,18,19). The van der Waals surface area contributed by atoms with Crippen molar-refractivity contribution in [1.82, 2.24) is 4.90 Å². The SMILES string of the molecule is CS(=O)(=O)c1ccc(C2CC(C(=O)O)CCN2C(=O)O)cc1. The Hall–Kier alpha value is -2.09. The van der Waals surface area contributed by atoms with Gasteiger partial charge in [-0.15, -0.1) is 0 Å². The first-order valence-electron chi connectivity index (χ1n) is 6.72. The molecule has 120 valence electrons. The summed E-state index contributed by atoms with van der Waals surface area (Å²) in [6.45, 7) is 0.144. The molecule has 1 aliphatic rings. The molecular weight excluding hydrogens is 310 g/mol. The predicted octanol–water partition coefficient (Wildman–Crippen LogP) is 1.61. The zero-order chi connectivity index (χ0) is 16.5. The zero-order valence-corrected chi connectivity index (χ0v) is 12.8. The summed E-state index contributed by atoms with van der Waals surface area (Å²) in [5.74, 6) is -1.54. The number of benzene rings is 1. The van der Waals surface area contributed by atoms with Gasteiger partial charge < -0.3 is 15.1 Å². The normalized spacial score (nSPS) is 22.3. The van der Waals surface area contributed by atoms with Crippen LogP contribution in [0.1, 0.15) is 24.4 Å². The van der Waals surface area contributed by atoms with Gasteiger partial charge >= 0.3 is 12.1 Å². The van der Waals surface area contributed by atoms with E-state index in [9.17, 15) is 23.1 Å². The summed E-state index contributed by atoms with van der Waals surface area (Å²) in [5.41, 5.74) is 0.598. The lowest BCUT2D eigenvalue weighted by atomic mass is 9.87. The highest BCUT2D eigenvalue weighted by Gasteiger charge is 2.35. The Morgan fingerprint density at radius 2 is 1.77 bits per heavy atom. The third kappa shape index (κ3) is 3.38. The third-order valence-electron chi connectivity index (χ3n) is 3.89. The highest BCUT2D eigenvalue weighted by atomic mass is 32.2. The second-order valence-electron chi connectivity index (χ2n) is 5.39. The number of carboxylic acids is 1. The second-order valence-corrected chi connectivity index (χ2v) is 7.41. The fourth-order valence-corrected chi connectivity index (χ4v) is 3.30. The molecule has 0 spiro atoms. The summed E-state index contributed by atoms with van der Waals surface area (Å²) < 4.78 is 22.9. The van der Waals surface area contributed by atoms with E-state index < -0.39 is 33.9 Å². The fourth-order valence-electron chi connectivity index (χ4n) is 2.67. The Morgan fingerprint density at radius 3 is 2.23 bits per heavy atom. The molecular formula is C14H17NO6S. The van der Waals surface area contributed by atoms with Crippen molar-refractivity contribution in [3.63, 3.8) is 0 Å². The predicted molar refractivity (Wildman–Crippen MR) is 77.4 cm³/mol. The molecule has 0 aromatic heterocycles. The molecule has 2 rings (SSSR count). The van der Waals surface area contributed by atoms with Gasteiger partial charge in [-0.2, -0.15) is 0 Å². The van der Waals surface area contributed by atoms with Crippen molar-refractivity contribution in [2.45, 2.75) is 23.8 Å². The van der Waals surface area contributed by atoms with Gasteiger partial charge in [-0.25, -0.2) is 13.2 Å². The van der Waals surface area contributed by atoms with E-state index in [1.54, 1.807) is 12.1 Å². The molecule has 1 aliphatic heterocycles. The van der Waals surface area contributed by atoms with Crippen molar-refractivity contribution >= 4 is 21.9 Å². The van der Waals surface area contributed by atoms with E-state index in [1.165, 1.54) is 17.0 Å². The molecule has 2 N–H and O–H groups in total. The van der Waals surface area contributed by atoms with Gasteiger partial charge in [-0.3, -0.25) is 4.79 Å². The van der Waals surface area contributed by atoms with Crippen LogP contribution in [0.3, 0.4) is 0 Å². The van der Waals surface area contributed by atoms with E-state index in [1.807, 2.05) is 0 Å². The summed E-state index contributed by atoms with van der Waals surface area (Å²) in [6, 6.07) is 5.33. The third-order valence-corrected chi connectivity index (χ3v) is 5.02. The quantitative estimate of drug-likeness (QED) is 0.872. The van der Waals surface area contributed by atoms with E-state index in [0.717, 1.165) is 6.26 Å². The van der Waals surface area contributed by atoms with Gasteiger partial charge in [0.15, 0.2) is 9.84 Å². The highest BCUT2D eigenvalue weighted by Crippen LogP contribution is 2.34. The van der Waals surface area contributed by atoms with Crippen molar-refractivity contribution in [2.24, 2.45) is 5.92 Å². The van der Waals surface area contributed by atoms with Gasteiger partial charge in [0.2, 0.25) is 0 Å². The van der Waals surface area contributed by atoms with Crippen LogP contribution in [0.25, 0.3) is 0 Å². The molecule has 1 fully saturated rings. The Morgan fingerprint density at radius 1 is 1.18 bits per heavy atom. The number of aliphatic carboxylic acids is 1. The number of nitrogens with zero attached hydrogens (tertiary/aromatic N) is 1. The monoisotopic (exact) mass is 327 g/mol. The fraction of sp³-hybridized carbons (Fsp3) is 0.429. The Kier molecular flexibility index (Phi) is 4.41. The molecule has 1 aromatic carbocycles. The first-order chi connectivity index (χ1) is 10.2. The maximum absolute atomic E-state index is 11.5. The average molecular weight is 327 g/mol. The molecule has 2 unspecified atom stereocenters. The van der Waals surface area contributed by atoms with E-state index in [0.29, 0.717) is 5.56 Å². The number of carboxylic acid groups (broad SMARTS) is 2. The number of sulfone groups is 1. The van der Waals surface area contributed by atoms with Crippen LogP contribution in [0.2, 0.25) is 0 Å². The first-order valence-corrected chi connectivity index (χ1v) is 8.61. The number of piperidine rings is 1. The van der Waals surface area contributed by atoms with Crippen molar-refractivity contribution < 1.29 is 28.2 Å². The zero-order valence-electron chi connectivity index (χ0n) is 12.0. The summed E-state index contributed by atoms with van der Waals surface area (Å²) >= 11 is 0. The molecule has 22 heavy (non-hydrogen) atoms. The number of amides is 1. The Bertz CT molecular complexity index is 682. The minimum atomic E-state index is -3.33. The minimum Gasteiger partial charge on any atom is -0.481 e. The smallest absolute Gasteiger partial charge is 0.407 e. The van der Waals surface area contributed by atoms with Crippen LogP contribution in [-0.4, -0.2) is 48.4 Å². The second kappa shape index (κ2) is 5.96. The maximum atomic E-state index is 11.5. The molecule has 2 atom stereocenters. The van der Waals surface area contributed by atoms with Crippen molar-refractivity contribution in [3.05, 3.63) is 29.8 Å². The van der Waals surface area contributed by atoms with Gasteiger partial charge in [0.1, 0.15) is 0 Å². The number of carbonyl (C=O) groups is 2. The largest absolute Gasteiger partial charge is 0.481 e. The van der Waals surface area contributed by atoms with Crippen molar-refractivity contribution in [3.8, 4) is 0 Å². The summed E-state index contributed by atoms with van der Waals surface area (Å²) in [5, 5.41) is 18.4. The minimum absolute atomic E-state index is 0.142. The first kappa shape index (κ1) is 16.3. The lowest BCUT2D eigenvalue weighted by Crippen LogP contribution is -2.42. The number of hydrogen-bond acceptors (Lipinski definition) is 4. The maximum Gasteiger partial charge on any atom is 0.407 e. The van der Waals surface area contributed by atoms with E-state index >= 15 is 0 Å². The van der Waals surface area contributed by atoms with Crippen LogP contribution >= 0.6 is 0 Å². The lowest BCUT2D eigenvalue weighted by Gasteiger charge is -2.36. The molecule has 1 heterocycles. The number of likely N-dealkylation sites (tertiary alicyclic amines) is 1. The summed E-state index contributed by atoms with van der Waals surface area (Å²) in [6.07, 6.45) is 0.437. The average Bonchev–Trinajstić information content (AvgIpc) is 2.45. The topological polar surface area (TPSA) is 112 Å². The molecule has 0 bridgehead atoms. The van der Waals surface area contributed by atoms with Crippen LogP contribution in [0.4, 0.5) is 4.79 Å². The van der Waals surface area contributed by atoms with Crippen molar-refractivity contribution in [2.75, 3.05) is 12.8 Å². The van der Waals surface area contributed by atoms with Gasteiger partial charge in [0, 0.05) is 12.8 Å². The number of hydrogen-bond donors (Lipinski definition) is 2. The highest BCUT2D eigenvalue weighted by molar-refractivity contribution is 7.90. The van der Waals surface area contributed by atoms with Crippen LogP contribution in [0, 0.1) is 5.92 Å². The van der Waals surface area contributed by atoms with Crippen LogP contribution < -0.4 is 0 Å². The molecule has 1 amide bonds. The summed E-state index contributed by atoms with van der Waals surface area (Å²) in [7, 11) is -3.33. The molecule has 7 nitrogen and oxygen atoms in total. The summed E-state index contributed by atoms with van der Waals surface area (Å²) in [4.78, 5) is 23.8. The van der Waals surface area contributed by atoms with Crippen LogP contribution in [-0.2, 0) is 14.6 Å². The Balaban J connectivity index is 2.32. The van der Waals surface area contributed by atoms with Crippen LogP contribution in [0.5, 0.6) is 0 Å². The molecule has 0 aliphatic carbocycles. The number of rotatable bonds is 3. The van der Waals surface area contributed by atoms with Crippen molar-refractivity contribution in [1.29, 1.82) is 0 Å². The molecule has 1 saturated heterocycles. The molecule has 8 heteroatoms. The van der Waals surface area contributed by atoms with Crippen LogP contribution in [0.15, 0.2) is 29.2 Å². The Labute approximate surface area is 128 Å². The van der Waals surface area contributed by atoms with Gasteiger partial charge in [0.25, 0.3) is 0 Å². The molecule has 1 aromatic rings. The van der Waals surface area contributed by atoms with E-state index in [2.05, 4.69) is 0 Å².